The van der Waals surface area contributed by atoms with Crippen molar-refractivity contribution in [2.24, 2.45) is 0 Å². The molecule has 0 unspecified atom stereocenters. The molecule has 3 nitrogen and oxygen atoms in total. The van der Waals surface area contributed by atoms with Gasteiger partial charge in [0.2, 0.25) is 0 Å². The molecule has 0 aliphatic heterocycles. The van der Waals surface area contributed by atoms with Gasteiger partial charge in [-0.2, -0.15) is 0 Å². The topological polar surface area (TPSA) is 29.5 Å². The number of ether oxygens (including phenoxy) is 1. The molecule has 104 valence electrons. The number of nitrogens with zero attached hydrogens (tertiary/aromatic N) is 1. The summed E-state index contributed by atoms with van der Waals surface area (Å²) in [6.07, 6.45) is 0. The summed E-state index contributed by atoms with van der Waals surface area (Å²) in [5, 5.41) is 0.791. The van der Waals surface area contributed by atoms with Gasteiger partial charge in [-0.3, -0.25) is 0 Å². The van der Waals surface area contributed by atoms with Crippen LogP contribution in [0.5, 0.6) is 5.75 Å². The molecular weight excluding hydrogens is 297 g/mol. The molecule has 0 amide bonds. The molecule has 0 aromatic heterocycles. The molecule has 2 aromatic rings. The molecular formula is C15H13Cl2NO2. The quantitative estimate of drug-likeness (QED) is 0.626. The van der Waals surface area contributed by atoms with Crippen LogP contribution in [0.3, 0.4) is 0 Å². The zero-order valence-corrected chi connectivity index (χ0v) is 12.6. The van der Waals surface area contributed by atoms with E-state index in [1.54, 1.807) is 30.3 Å². The van der Waals surface area contributed by atoms with E-state index < -0.39 is 5.97 Å². The third-order valence-corrected chi connectivity index (χ3v) is 3.23. The van der Waals surface area contributed by atoms with Gasteiger partial charge in [0.25, 0.3) is 0 Å². The van der Waals surface area contributed by atoms with E-state index in [0.717, 1.165) is 5.69 Å². The second-order valence-corrected chi connectivity index (χ2v) is 5.25. The Morgan fingerprint density at radius 3 is 2.50 bits per heavy atom. The number of halogens is 2. The minimum absolute atomic E-state index is 0.288. The fraction of sp³-hybridized carbons (Fsp3) is 0.133. The van der Waals surface area contributed by atoms with Gasteiger partial charge in [0.05, 0.1) is 10.6 Å². The van der Waals surface area contributed by atoms with E-state index in [1.807, 2.05) is 25.1 Å². The van der Waals surface area contributed by atoms with Gasteiger partial charge in [-0.25, -0.2) is 4.79 Å². The van der Waals surface area contributed by atoms with Gasteiger partial charge < -0.3 is 9.64 Å². The van der Waals surface area contributed by atoms with E-state index in [1.165, 1.54) is 6.07 Å². The Labute approximate surface area is 127 Å². The first kappa shape index (κ1) is 14.7. The fourth-order valence-electron chi connectivity index (χ4n) is 1.63. The van der Waals surface area contributed by atoms with Gasteiger partial charge in [-0.15, -0.1) is 0 Å². The predicted octanol–water partition coefficient (Wildman–Crippen LogP) is 4.28. The number of benzene rings is 2. The third kappa shape index (κ3) is 3.44. The van der Waals surface area contributed by atoms with Gasteiger partial charge in [0.1, 0.15) is 5.75 Å². The number of rotatable bonds is 3. The van der Waals surface area contributed by atoms with Crippen molar-refractivity contribution < 1.29 is 9.53 Å². The summed E-state index contributed by atoms with van der Waals surface area (Å²) in [7, 11) is 3.81. The van der Waals surface area contributed by atoms with E-state index in [2.05, 4.69) is 0 Å². The van der Waals surface area contributed by atoms with Crippen molar-refractivity contribution in [1.82, 2.24) is 0 Å². The summed E-state index contributed by atoms with van der Waals surface area (Å²) in [6.45, 7) is 0. The van der Waals surface area contributed by atoms with E-state index in [-0.39, 0.29) is 5.75 Å². The molecule has 0 fully saturated rings. The fourth-order valence-corrected chi connectivity index (χ4v) is 2.07. The Morgan fingerprint density at radius 1 is 1.10 bits per heavy atom. The molecule has 0 saturated heterocycles. The highest BCUT2D eigenvalue weighted by atomic mass is 35.5. The minimum Gasteiger partial charge on any atom is -0.421 e. The van der Waals surface area contributed by atoms with Crippen molar-refractivity contribution in [1.29, 1.82) is 0 Å². The van der Waals surface area contributed by atoms with E-state index >= 15 is 0 Å². The highest BCUT2D eigenvalue weighted by Crippen LogP contribution is 2.28. The number of esters is 1. The summed E-state index contributed by atoms with van der Waals surface area (Å²) in [5.41, 5.74) is 1.38. The number of carbonyl (C=O) groups is 1. The highest BCUT2D eigenvalue weighted by molar-refractivity contribution is 6.35. The second-order valence-electron chi connectivity index (χ2n) is 4.41. The monoisotopic (exact) mass is 309 g/mol. The van der Waals surface area contributed by atoms with Gasteiger partial charge in [0.15, 0.2) is 0 Å². The first-order valence-corrected chi connectivity index (χ1v) is 6.67. The van der Waals surface area contributed by atoms with Crippen LogP contribution in [0.1, 0.15) is 10.4 Å². The summed E-state index contributed by atoms with van der Waals surface area (Å²) < 4.78 is 5.27. The van der Waals surface area contributed by atoms with Crippen LogP contribution < -0.4 is 9.64 Å². The minimum atomic E-state index is -0.460. The first-order valence-electron chi connectivity index (χ1n) is 5.92. The van der Waals surface area contributed by atoms with Crippen molar-refractivity contribution in [2.45, 2.75) is 0 Å². The lowest BCUT2D eigenvalue weighted by Gasteiger charge is -2.13. The van der Waals surface area contributed by atoms with Crippen LogP contribution in [0.25, 0.3) is 0 Å². The Bertz CT molecular complexity index is 642. The number of hydrogen-bond acceptors (Lipinski definition) is 3. The third-order valence-electron chi connectivity index (χ3n) is 2.69. The normalized spacial score (nSPS) is 10.2. The number of hydrogen-bond donors (Lipinski definition) is 0. The Balaban J connectivity index is 2.21. The van der Waals surface area contributed by atoms with Crippen LogP contribution in [0.4, 0.5) is 5.69 Å². The standard InChI is InChI=1S/C15H13Cl2NO2/c1-18(2)12-5-3-4-10(8-12)15(19)20-14-7-6-11(16)9-13(14)17/h3-9H,1-2H3. The summed E-state index contributed by atoms with van der Waals surface area (Å²) in [4.78, 5) is 14.0. The lowest BCUT2D eigenvalue weighted by Crippen LogP contribution is -2.12. The van der Waals surface area contributed by atoms with E-state index in [4.69, 9.17) is 27.9 Å². The lowest BCUT2D eigenvalue weighted by atomic mass is 10.2. The molecule has 0 saturated carbocycles. The second kappa shape index (κ2) is 6.16. The van der Waals surface area contributed by atoms with Crippen molar-refractivity contribution in [3.63, 3.8) is 0 Å². The first-order chi connectivity index (χ1) is 9.47. The molecule has 20 heavy (non-hydrogen) atoms. The van der Waals surface area contributed by atoms with Crippen molar-refractivity contribution >= 4 is 34.9 Å². The summed E-state index contributed by atoms with van der Waals surface area (Å²) in [6, 6.07) is 11.9. The molecule has 0 aliphatic carbocycles. The van der Waals surface area contributed by atoms with Crippen molar-refractivity contribution in [3.05, 3.63) is 58.1 Å². The smallest absolute Gasteiger partial charge is 0.343 e. The molecule has 0 radical (unpaired) electrons. The zero-order valence-electron chi connectivity index (χ0n) is 11.1. The number of anilines is 1. The summed E-state index contributed by atoms with van der Waals surface area (Å²) >= 11 is 11.8. The maximum Gasteiger partial charge on any atom is 0.343 e. The molecule has 2 aromatic carbocycles. The predicted molar refractivity (Wildman–Crippen MR) is 82.2 cm³/mol. The Hall–Kier alpha value is -1.71. The molecule has 5 heteroatoms. The van der Waals surface area contributed by atoms with Crippen molar-refractivity contribution in [3.8, 4) is 5.75 Å². The van der Waals surface area contributed by atoms with Crippen LogP contribution in [0.2, 0.25) is 10.0 Å². The molecule has 0 N–H and O–H groups in total. The molecule has 0 heterocycles. The van der Waals surface area contributed by atoms with E-state index in [0.29, 0.717) is 15.6 Å². The summed E-state index contributed by atoms with van der Waals surface area (Å²) in [5.74, 6) is -0.172. The van der Waals surface area contributed by atoms with Crippen LogP contribution in [0, 0.1) is 0 Å². The lowest BCUT2D eigenvalue weighted by molar-refractivity contribution is 0.0735. The SMILES string of the molecule is CN(C)c1cccc(C(=O)Oc2ccc(Cl)cc2Cl)c1. The molecule has 2 rings (SSSR count). The average molecular weight is 310 g/mol. The van der Waals surface area contributed by atoms with Gasteiger partial charge >= 0.3 is 5.97 Å². The average Bonchev–Trinajstić information content (AvgIpc) is 2.42. The van der Waals surface area contributed by atoms with Gasteiger partial charge in [0, 0.05) is 24.8 Å². The van der Waals surface area contributed by atoms with Gasteiger partial charge in [-0.05, 0) is 36.4 Å². The van der Waals surface area contributed by atoms with Crippen molar-refractivity contribution in [2.75, 3.05) is 19.0 Å². The van der Waals surface area contributed by atoms with E-state index in [9.17, 15) is 4.79 Å². The highest BCUT2D eigenvalue weighted by Gasteiger charge is 2.12. The largest absolute Gasteiger partial charge is 0.421 e. The van der Waals surface area contributed by atoms with Crippen LogP contribution in [0.15, 0.2) is 42.5 Å². The molecule has 0 aliphatic rings. The van der Waals surface area contributed by atoms with Crippen LogP contribution in [-0.4, -0.2) is 20.1 Å². The Kier molecular flexibility index (Phi) is 4.53. The molecule has 0 bridgehead atoms. The maximum absolute atomic E-state index is 12.1. The van der Waals surface area contributed by atoms with Crippen LogP contribution >= 0.6 is 23.2 Å². The molecule has 0 spiro atoms. The van der Waals surface area contributed by atoms with Crippen LogP contribution in [-0.2, 0) is 0 Å². The Morgan fingerprint density at radius 2 is 1.85 bits per heavy atom. The molecule has 0 atom stereocenters. The van der Waals surface area contributed by atoms with Gasteiger partial charge in [-0.1, -0.05) is 29.3 Å². The number of carbonyl (C=O) groups excluding carboxylic acids is 1. The zero-order chi connectivity index (χ0) is 14.7. The maximum atomic E-state index is 12.1.